The minimum Gasteiger partial charge on any atom is -0.469 e. The zero-order valence-corrected chi connectivity index (χ0v) is 15.9. The molecule has 1 aliphatic rings. The van der Waals surface area contributed by atoms with E-state index in [2.05, 4.69) is 29.9 Å². The van der Waals surface area contributed by atoms with Crippen molar-refractivity contribution >= 4 is 23.5 Å². The number of hydrogen-bond acceptors (Lipinski definition) is 9. The lowest BCUT2D eigenvalue weighted by Crippen LogP contribution is -2.11. The van der Waals surface area contributed by atoms with Crippen LogP contribution in [0.5, 0.6) is 0 Å². The molecule has 5 heterocycles. The fourth-order valence-electron chi connectivity index (χ4n) is 2.92. The zero-order valence-electron chi connectivity index (χ0n) is 14.3. The van der Waals surface area contributed by atoms with Crippen molar-refractivity contribution in [2.75, 3.05) is 11.5 Å². The minimum absolute atomic E-state index is 0.249. The van der Waals surface area contributed by atoms with Crippen LogP contribution in [-0.4, -0.2) is 41.5 Å². The monoisotopic (exact) mass is 398 g/mol. The van der Waals surface area contributed by atoms with Gasteiger partial charge in [-0.25, -0.2) is 0 Å². The molecule has 0 N–H and O–H groups in total. The number of rotatable bonds is 5. The maximum absolute atomic E-state index is 5.78. The third kappa shape index (κ3) is 3.04. The summed E-state index contributed by atoms with van der Waals surface area (Å²) in [5.74, 6) is 3.84. The molecular formula is C17H14N6O2S2. The lowest BCUT2D eigenvalue weighted by molar-refractivity contribution is 0.462. The molecule has 0 unspecified atom stereocenters. The van der Waals surface area contributed by atoms with Crippen LogP contribution in [0, 0.1) is 6.92 Å². The SMILES string of the molecule is Cc1occc1-c1nnc(SC[C@H]2CSc3nnc(-c4ccncc4)n32)o1. The first-order valence-electron chi connectivity index (χ1n) is 8.28. The van der Waals surface area contributed by atoms with Crippen molar-refractivity contribution in [3.8, 4) is 22.8 Å². The van der Waals surface area contributed by atoms with E-state index < -0.39 is 0 Å². The fraction of sp³-hybridized carbons (Fsp3) is 0.235. The molecule has 136 valence electrons. The molecule has 4 aromatic rings. The van der Waals surface area contributed by atoms with E-state index in [4.69, 9.17) is 8.83 Å². The van der Waals surface area contributed by atoms with E-state index in [1.165, 1.54) is 11.8 Å². The van der Waals surface area contributed by atoms with Gasteiger partial charge in [0, 0.05) is 29.5 Å². The maximum atomic E-state index is 5.78. The van der Waals surface area contributed by atoms with Gasteiger partial charge in [-0.2, -0.15) is 0 Å². The third-order valence-electron chi connectivity index (χ3n) is 4.27. The van der Waals surface area contributed by atoms with Gasteiger partial charge >= 0.3 is 0 Å². The molecule has 1 aliphatic heterocycles. The number of nitrogens with zero attached hydrogens (tertiary/aromatic N) is 6. The van der Waals surface area contributed by atoms with E-state index >= 15 is 0 Å². The van der Waals surface area contributed by atoms with Crippen LogP contribution in [0.25, 0.3) is 22.8 Å². The number of aryl methyl sites for hydroxylation is 1. The van der Waals surface area contributed by atoms with E-state index in [-0.39, 0.29) is 6.04 Å². The van der Waals surface area contributed by atoms with Crippen molar-refractivity contribution in [2.45, 2.75) is 23.3 Å². The van der Waals surface area contributed by atoms with Crippen molar-refractivity contribution in [2.24, 2.45) is 0 Å². The number of thioether (sulfide) groups is 2. The number of hydrogen-bond donors (Lipinski definition) is 0. The van der Waals surface area contributed by atoms with E-state index in [1.807, 2.05) is 25.1 Å². The second-order valence-corrected chi connectivity index (χ2v) is 7.91. The highest BCUT2D eigenvalue weighted by Gasteiger charge is 2.29. The molecule has 10 heteroatoms. The number of fused-ring (bicyclic) bond motifs is 1. The molecule has 5 rings (SSSR count). The Labute approximate surface area is 162 Å². The van der Waals surface area contributed by atoms with Crippen LogP contribution in [-0.2, 0) is 0 Å². The van der Waals surface area contributed by atoms with E-state index in [0.717, 1.165) is 39.4 Å². The molecule has 4 aromatic heterocycles. The van der Waals surface area contributed by atoms with Crippen LogP contribution in [0.15, 0.2) is 56.1 Å². The first kappa shape index (κ1) is 16.6. The Bertz CT molecular complexity index is 1070. The standard InChI is InChI=1S/C17H14N6O2S2/c1-10-13(4-7-24-10)15-20-22-17(25-15)27-9-12-8-26-16-21-19-14(23(12)16)11-2-5-18-6-3-11/h2-7,12H,8-9H2,1H3/t12-/m1/s1. The van der Waals surface area contributed by atoms with Gasteiger partial charge in [-0.05, 0) is 25.1 Å². The number of aromatic nitrogens is 6. The Kier molecular flexibility index (Phi) is 4.21. The Morgan fingerprint density at radius 2 is 2.07 bits per heavy atom. The smallest absolute Gasteiger partial charge is 0.276 e. The summed E-state index contributed by atoms with van der Waals surface area (Å²) in [6.45, 7) is 1.87. The summed E-state index contributed by atoms with van der Waals surface area (Å²) in [6, 6.07) is 5.97. The van der Waals surface area contributed by atoms with Gasteiger partial charge in [0.15, 0.2) is 11.0 Å². The molecule has 0 spiro atoms. The number of pyridine rings is 1. The van der Waals surface area contributed by atoms with E-state index in [1.54, 1.807) is 30.4 Å². The van der Waals surface area contributed by atoms with Crippen molar-refractivity contribution < 1.29 is 8.83 Å². The Balaban J connectivity index is 1.34. The summed E-state index contributed by atoms with van der Waals surface area (Å²) in [7, 11) is 0. The molecular weight excluding hydrogens is 384 g/mol. The Morgan fingerprint density at radius 1 is 1.19 bits per heavy atom. The van der Waals surface area contributed by atoms with Crippen LogP contribution in [0.4, 0.5) is 0 Å². The highest BCUT2D eigenvalue weighted by molar-refractivity contribution is 8.00. The summed E-state index contributed by atoms with van der Waals surface area (Å²) in [4.78, 5) is 4.07. The molecule has 1 atom stereocenters. The van der Waals surface area contributed by atoms with Gasteiger partial charge in [-0.3, -0.25) is 9.55 Å². The zero-order chi connectivity index (χ0) is 18.2. The van der Waals surface area contributed by atoms with E-state index in [0.29, 0.717) is 11.1 Å². The molecule has 0 amide bonds. The second-order valence-electron chi connectivity index (χ2n) is 5.95. The molecule has 8 nitrogen and oxygen atoms in total. The fourth-order valence-corrected chi connectivity index (χ4v) is 4.99. The number of furan rings is 1. The molecule has 0 aliphatic carbocycles. The molecule has 0 radical (unpaired) electrons. The van der Waals surface area contributed by atoms with Gasteiger partial charge in [0.1, 0.15) is 5.76 Å². The average molecular weight is 398 g/mol. The maximum Gasteiger partial charge on any atom is 0.276 e. The van der Waals surface area contributed by atoms with Crippen LogP contribution >= 0.6 is 23.5 Å². The quantitative estimate of drug-likeness (QED) is 0.466. The minimum atomic E-state index is 0.249. The average Bonchev–Trinajstić information content (AvgIpc) is 3.45. The van der Waals surface area contributed by atoms with Gasteiger partial charge in [-0.1, -0.05) is 23.5 Å². The van der Waals surface area contributed by atoms with Crippen molar-refractivity contribution in [1.29, 1.82) is 0 Å². The van der Waals surface area contributed by atoms with Crippen LogP contribution in [0.2, 0.25) is 0 Å². The largest absolute Gasteiger partial charge is 0.469 e. The summed E-state index contributed by atoms with van der Waals surface area (Å²) >= 11 is 3.25. The van der Waals surface area contributed by atoms with Crippen LogP contribution in [0.1, 0.15) is 11.8 Å². The normalized spacial score (nSPS) is 16.0. The van der Waals surface area contributed by atoms with Gasteiger partial charge < -0.3 is 8.83 Å². The molecule has 0 saturated carbocycles. The van der Waals surface area contributed by atoms with Gasteiger partial charge in [-0.15, -0.1) is 20.4 Å². The highest BCUT2D eigenvalue weighted by atomic mass is 32.2. The lowest BCUT2D eigenvalue weighted by atomic mass is 10.2. The summed E-state index contributed by atoms with van der Waals surface area (Å²) in [5.41, 5.74) is 1.84. The van der Waals surface area contributed by atoms with Gasteiger partial charge in [0.05, 0.1) is 17.9 Å². The third-order valence-corrected chi connectivity index (χ3v) is 6.32. The highest BCUT2D eigenvalue weighted by Crippen LogP contribution is 2.39. The predicted molar refractivity (Wildman–Crippen MR) is 100 cm³/mol. The van der Waals surface area contributed by atoms with E-state index in [9.17, 15) is 0 Å². The van der Waals surface area contributed by atoms with Crippen LogP contribution < -0.4 is 0 Å². The molecule has 27 heavy (non-hydrogen) atoms. The topological polar surface area (TPSA) is 95.7 Å². The van der Waals surface area contributed by atoms with Gasteiger partial charge in [0.25, 0.3) is 11.1 Å². The second kappa shape index (κ2) is 6.86. The Hall–Kier alpha value is -2.59. The lowest BCUT2D eigenvalue weighted by Gasteiger charge is -2.12. The molecule has 0 aromatic carbocycles. The predicted octanol–water partition coefficient (Wildman–Crippen LogP) is 3.73. The molecule has 0 fully saturated rings. The first-order chi connectivity index (χ1) is 13.3. The van der Waals surface area contributed by atoms with Crippen LogP contribution in [0.3, 0.4) is 0 Å². The van der Waals surface area contributed by atoms with Crippen molar-refractivity contribution in [1.82, 2.24) is 29.9 Å². The molecule has 0 saturated heterocycles. The summed E-state index contributed by atoms with van der Waals surface area (Å²) in [6.07, 6.45) is 5.15. The summed E-state index contributed by atoms with van der Waals surface area (Å²) < 4.78 is 13.3. The van der Waals surface area contributed by atoms with Gasteiger partial charge in [0.2, 0.25) is 0 Å². The summed E-state index contributed by atoms with van der Waals surface area (Å²) in [5, 5.41) is 18.4. The first-order valence-corrected chi connectivity index (χ1v) is 10.3. The Morgan fingerprint density at radius 3 is 2.89 bits per heavy atom. The van der Waals surface area contributed by atoms with Crippen molar-refractivity contribution in [3.05, 3.63) is 42.6 Å². The van der Waals surface area contributed by atoms with Crippen molar-refractivity contribution in [3.63, 3.8) is 0 Å². The molecule has 0 bridgehead atoms.